The number of halogens is 1. The summed E-state index contributed by atoms with van der Waals surface area (Å²) in [6.07, 6.45) is 1.07. The lowest BCUT2D eigenvalue weighted by Crippen LogP contribution is -2.12. The van der Waals surface area contributed by atoms with Crippen LogP contribution in [0.4, 0.5) is 0 Å². The molecule has 54 valence electrons. The molecule has 0 aromatic rings. The van der Waals surface area contributed by atoms with Crippen molar-refractivity contribution in [1.29, 1.82) is 0 Å². The van der Waals surface area contributed by atoms with Gasteiger partial charge in [-0.3, -0.25) is 4.79 Å². The predicted molar refractivity (Wildman–Crippen MR) is 42.6 cm³/mol. The van der Waals surface area contributed by atoms with Crippen molar-refractivity contribution in [2.45, 2.75) is 27.2 Å². The Hall–Kier alpha value is 0.150. The summed E-state index contributed by atoms with van der Waals surface area (Å²) in [7, 11) is 0. The van der Waals surface area contributed by atoms with E-state index in [1.54, 1.807) is 0 Å². The van der Waals surface area contributed by atoms with E-state index in [1.165, 1.54) is 0 Å². The molecule has 0 radical (unpaired) electrons. The van der Waals surface area contributed by atoms with E-state index in [2.05, 4.69) is 29.8 Å². The summed E-state index contributed by atoms with van der Waals surface area (Å²) in [6, 6.07) is 0. The highest BCUT2D eigenvalue weighted by Crippen LogP contribution is 2.17. The average Bonchev–Trinajstić information content (AvgIpc) is 1.84. The minimum atomic E-state index is 0.122. The number of rotatable bonds is 3. The van der Waals surface area contributed by atoms with Crippen molar-refractivity contribution < 1.29 is 4.79 Å². The van der Waals surface area contributed by atoms with E-state index >= 15 is 0 Å². The van der Waals surface area contributed by atoms with Crippen LogP contribution in [0.1, 0.15) is 27.2 Å². The first kappa shape index (κ1) is 9.15. The van der Waals surface area contributed by atoms with Crippen LogP contribution >= 0.6 is 15.9 Å². The summed E-state index contributed by atoms with van der Waals surface area (Å²) in [4.78, 5) is 10.7. The molecule has 0 bridgehead atoms. The summed E-state index contributed by atoms with van der Waals surface area (Å²) in [5.74, 6) is 0.659. The zero-order valence-electron chi connectivity index (χ0n) is 6.15. The molecule has 0 aromatic carbocycles. The number of hydrogen-bond acceptors (Lipinski definition) is 1. The first-order chi connectivity index (χ1) is 4.09. The van der Waals surface area contributed by atoms with Crippen molar-refractivity contribution in [3.05, 3.63) is 0 Å². The Bertz CT molecular complexity index is 101. The molecule has 0 rings (SSSR count). The topological polar surface area (TPSA) is 17.1 Å². The largest absolute Gasteiger partial charge is 0.286 e. The van der Waals surface area contributed by atoms with Gasteiger partial charge < -0.3 is 0 Å². The highest BCUT2D eigenvalue weighted by atomic mass is 79.9. The lowest BCUT2D eigenvalue weighted by atomic mass is 9.95. The Morgan fingerprint density at radius 2 is 2.00 bits per heavy atom. The second kappa shape index (κ2) is 4.04. The summed E-state index contributed by atoms with van der Waals surface area (Å²) >= 11 is 2.94. The van der Waals surface area contributed by atoms with Gasteiger partial charge in [0, 0.05) is 5.92 Å². The minimum absolute atomic E-state index is 0.122. The van der Waals surface area contributed by atoms with Crippen LogP contribution < -0.4 is 0 Å². The maximum absolute atomic E-state index is 10.7. The van der Waals surface area contributed by atoms with Gasteiger partial charge in [0.2, 0.25) is 4.69 Å². The van der Waals surface area contributed by atoms with E-state index < -0.39 is 0 Å². The highest BCUT2D eigenvalue weighted by molar-refractivity contribution is 9.18. The lowest BCUT2D eigenvalue weighted by molar-refractivity contribution is -0.114. The molecule has 0 aliphatic heterocycles. The summed E-state index contributed by atoms with van der Waals surface area (Å²) in [5, 5.41) is 0. The summed E-state index contributed by atoms with van der Waals surface area (Å²) in [6.45, 7) is 6.13. The first-order valence-corrected chi connectivity index (χ1v) is 4.08. The molecule has 0 heterocycles. The molecule has 0 aromatic heterocycles. The Balaban J connectivity index is 3.72. The maximum atomic E-state index is 10.7. The van der Waals surface area contributed by atoms with Crippen LogP contribution in [0.15, 0.2) is 0 Å². The molecule has 2 heteroatoms. The van der Waals surface area contributed by atoms with Gasteiger partial charge in [-0.15, -0.1) is 0 Å². The van der Waals surface area contributed by atoms with Crippen molar-refractivity contribution in [2.75, 3.05) is 0 Å². The van der Waals surface area contributed by atoms with Crippen LogP contribution in [0.25, 0.3) is 0 Å². The predicted octanol–water partition coefficient (Wildman–Crippen LogP) is 2.59. The van der Waals surface area contributed by atoms with Crippen molar-refractivity contribution in [3.8, 4) is 0 Å². The standard InChI is InChI=1S/C7H13BrO/c1-4-5(2)6(3)7(8)9/h5-6H,4H2,1-3H3. The molecular formula is C7H13BrO. The quantitative estimate of drug-likeness (QED) is 0.629. The zero-order valence-corrected chi connectivity index (χ0v) is 7.73. The van der Waals surface area contributed by atoms with Gasteiger partial charge in [-0.2, -0.15) is 0 Å². The summed E-state index contributed by atoms with van der Waals surface area (Å²) in [5.41, 5.74) is 0. The first-order valence-electron chi connectivity index (χ1n) is 3.29. The SMILES string of the molecule is CCC(C)C(C)C(=O)Br. The normalized spacial score (nSPS) is 16.9. The van der Waals surface area contributed by atoms with Gasteiger partial charge in [-0.1, -0.05) is 27.2 Å². The molecule has 2 atom stereocenters. The van der Waals surface area contributed by atoms with E-state index in [4.69, 9.17) is 0 Å². The Morgan fingerprint density at radius 1 is 1.56 bits per heavy atom. The average molecular weight is 193 g/mol. The summed E-state index contributed by atoms with van der Waals surface area (Å²) < 4.78 is 0.122. The third-order valence-corrected chi connectivity index (χ3v) is 2.58. The minimum Gasteiger partial charge on any atom is -0.286 e. The number of carbonyl (C=O) groups is 1. The van der Waals surface area contributed by atoms with E-state index in [0.717, 1.165) is 6.42 Å². The van der Waals surface area contributed by atoms with Gasteiger partial charge in [0.1, 0.15) is 0 Å². The molecule has 0 aliphatic carbocycles. The fourth-order valence-corrected chi connectivity index (χ4v) is 1.03. The van der Waals surface area contributed by atoms with Crippen LogP contribution in [0.2, 0.25) is 0 Å². The van der Waals surface area contributed by atoms with Crippen LogP contribution in [0.5, 0.6) is 0 Å². The molecule has 9 heavy (non-hydrogen) atoms. The monoisotopic (exact) mass is 192 g/mol. The highest BCUT2D eigenvalue weighted by Gasteiger charge is 2.15. The smallest absolute Gasteiger partial charge is 0.200 e. The van der Waals surface area contributed by atoms with Crippen LogP contribution in [-0.4, -0.2) is 4.69 Å². The third kappa shape index (κ3) is 2.99. The third-order valence-electron chi connectivity index (χ3n) is 1.86. The molecule has 0 fully saturated rings. The second-order valence-electron chi connectivity index (χ2n) is 2.48. The van der Waals surface area contributed by atoms with Gasteiger partial charge in [-0.05, 0) is 21.8 Å². The van der Waals surface area contributed by atoms with Crippen molar-refractivity contribution in [1.82, 2.24) is 0 Å². The Labute approximate surface area is 65.0 Å². The van der Waals surface area contributed by atoms with Gasteiger partial charge in [0.05, 0.1) is 0 Å². The van der Waals surface area contributed by atoms with E-state index in [0.29, 0.717) is 5.92 Å². The number of hydrogen-bond donors (Lipinski definition) is 0. The van der Waals surface area contributed by atoms with Crippen LogP contribution in [-0.2, 0) is 4.79 Å². The van der Waals surface area contributed by atoms with Gasteiger partial charge >= 0.3 is 0 Å². The van der Waals surface area contributed by atoms with Crippen molar-refractivity contribution in [2.24, 2.45) is 11.8 Å². The fraction of sp³-hybridized carbons (Fsp3) is 0.857. The van der Waals surface area contributed by atoms with E-state index in [1.807, 2.05) is 6.92 Å². The van der Waals surface area contributed by atoms with Gasteiger partial charge in [-0.25, -0.2) is 0 Å². The van der Waals surface area contributed by atoms with Crippen molar-refractivity contribution >= 4 is 20.6 Å². The second-order valence-corrected chi connectivity index (χ2v) is 3.26. The Kier molecular flexibility index (Phi) is 4.11. The molecule has 0 amide bonds. The molecule has 2 unspecified atom stereocenters. The number of carbonyl (C=O) groups excluding carboxylic acids is 1. The van der Waals surface area contributed by atoms with E-state index in [9.17, 15) is 4.79 Å². The molecule has 0 saturated heterocycles. The molecule has 0 spiro atoms. The van der Waals surface area contributed by atoms with Gasteiger partial charge in [0.15, 0.2) is 0 Å². The molecule has 1 nitrogen and oxygen atoms in total. The molecule has 0 saturated carbocycles. The van der Waals surface area contributed by atoms with Gasteiger partial charge in [0.25, 0.3) is 0 Å². The molecule has 0 aliphatic rings. The molecular weight excluding hydrogens is 180 g/mol. The Morgan fingerprint density at radius 3 is 2.11 bits per heavy atom. The van der Waals surface area contributed by atoms with E-state index in [-0.39, 0.29) is 10.6 Å². The molecule has 0 N–H and O–H groups in total. The maximum Gasteiger partial charge on any atom is 0.200 e. The van der Waals surface area contributed by atoms with Crippen molar-refractivity contribution in [3.63, 3.8) is 0 Å². The lowest BCUT2D eigenvalue weighted by Gasteiger charge is -2.12. The van der Waals surface area contributed by atoms with Crippen LogP contribution in [0.3, 0.4) is 0 Å². The fourth-order valence-electron chi connectivity index (χ4n) is 0.577. The zero-order chi connectivity index (χ0) is 7.44. The van der Waals surface area contributed by atoms with Crippen LogP contribution in [0, 0.1) is 11.8 Å².